The summed E-state index contributed by atoms with van der Waals surface area (Å²) in [6.07, 6.45) is -0.588. The second-order valence-electron chi connectivity index (χ2n) is 6.34. The molecule has 2 atom stereocenters. The number of aryl methyl sites for hydroxylation is 1. The van der Waals surface area contributed by atoms with E-state index in [0.29, 0.717) is 5.75 Å². The molecule has 0 saturated carbocycles. The van der Waals surface area contributed by atoms with Crippen LogP contribution in [0, 0.1) is 6.92 Å². The first kappa shape index (κ1) is 16.7. The van der Waals surface area contributed by atoms with E-state index in [2.05, 4.69) is 0 Å². The lowest BCUT2D eigenvalue weighted by molar-refractivity contribution is -0.142. The Morgan fingerprint density at radius 2 is 1.86 bits per heavy atom. The van der Waals surface area contributed by atoms with Crippen molar-refractivity contribution in [3.8, 4) is 0 Å². The predicted octanol–water partition coefficient (Wildman–Crippen LogP) is 3.43. The summed E-state index contributed by atoms with van der Waals surface area (Å²) in [6.45, 7) is 7.29. The van der Waals surface area contributed by atoms with Crippen molar-refractivity contribution in [2.45, 2.75) is 44.7 Å². The van der Waals surface area contributed by atoms with Gasteiger partial charge in [0.1, 0.15) is 17.0 Å². The summed E-state index contributed by atoms with van der Waals surface area (Å²) in [5.41, 5.74) is 1.36. The first-order valence-electron chi connectivity index (χ1n) is 7.11. The minimum absolute atomic E-state index is 0.337. The molecule has 22 heavy (non-hydrogen) atoms. The van der Waals surface area contributed by atoms with E-state index in [4.69, 9.17) is 4.74 Å². The lowest BCUT2D eigenvalue weighted by Crippen LogP contribution is -2.45. The standard InChI is InChI=1S/C16H21NO4S/c1-10-5-7-11(8-6-10)13-17(12(9-22-13)14(18)19)15(20)21-16(2,3)4/h5-8,12-13H,9H2,1-4H3,(H,18,19)/t12-,13-/m0/s1. The second-order valence-corrected chi connectivity index (χ2v) is 7.45. The third kappa shape index (κ3) is 3.74. The van der Waals surface area contributed by atoms with E-state index >= 15 is 0 Å². The van der Waals surface area contributed by atoms with Gasteiger partial charge < -0.3 is 9.84 Å². The summed E-state index contributed by atoms with van der Waals surface area (Å²) in [6, 6.07) is 6.89. The van der Waals surface area contributed by atoms with Crippen molar-refractivity contribution in [1.29, 1.82) is 0 Å². The van der Waals surface area contributed by atoms with Gasteiger partial charge in [0, 0.05) is 5.75 Å². The van der Waals surface area contributed by atoms with Crippen LogP contribution in [0.25, 0.3) is 0 Å². The number of carbonyl (C=O) groups is 2. The van der Waals surface area contributed by atoms with Gasteiger partial charge in [-0.25, -0.2) is 9.59 Å². The van der Waals surface area contributed by atoms with Crippen molar-refractivity contribution in [3.63, 3.8) is 0 Å². The molecule has 0 aromatic heterocycles. The molecular formula is C16H21NO4S. The molecule has 0 aliphatic carbocycles. The highest BCUT2D eigenvalue weighted by Crippen LogP contribution is 2.42. The van der Waals surface area contributed by atoms with Gasteiger partial charge in [-0.1, -0.05) is 29.8 Å². The van der Waals surface area contributed by atoms with Crippen molar-refractivity contribution >= 4 is 23.8 Å². The van der Waals surface area contributed by atoms with Crippen molar-refractivity contribution in [2.24, 2.45) is 0 Å². The third-order valence-corrected chi connectivity index (χ3v) is 4.58. The maximum atomic E-state index is 12.5. The van der Waals surface area contributed by atoms with Crippen LogP contribution in [0.1, 0.15) is 37.3 Å². The maximum absolute atomic E-state index is 12.5. The number of hydrogen-bond acceptors (Lipinski definition) is 4. The van der Waals surface area contributed by atoms with Crippen LogP contribution < -0.4 is 0 Å². The molecule has 0 radical (unpaired) electrons. The smallest absolute Gasteiger partial charge is 0.412 e. The largest absolute Gasteiger partial charge is 0.480 e. The Morgan fingerprint density at radius 1 is 1.27 bits per heavy atom. The molecule has 1 aromatic carbocycles. The molecule has 2 rings (SSSR count). The van der Waals surface area contributed by atoms with E-state index in [0.717, 1.165) is 11.1 Å². The van der Waals surface area contributed by atoms with Crippen LogP contribution in [0.5, 0.6) is 0 Å². The van der Waals surface area contributed by atoms with Gasteiger partial charge in [-0.15, -0.1) is 11.8 Å². The van der Waals surface area contributed by atoms with Crippen molar-refractivity contribution < 1.29 is 19.4 Å². The number of nitrogens with zero attached hydrogens (tertiary/aromatic N) is 1. The number of aliphatic carboxylic acids is 1. The third-order valence-electron chi connectivity index (χ3n) is 3.25. The Balaban J connectivity index is 2.30. The van der Waals surface area contributed by atoms with Gasteiger partial charge in [0.2, 0.25) is 0 Å². The van der Waals surface area contributed by atoms with Crippen molar-refractivity contribution in [2.75, 3.05) is 5.75 Å². The number of ether oxygens (including phenoxy) is 1. The Morgan fingerprint density at radius 3 is 2.36 bits per heavy atom. The SMILES string of the molecule is Cc1ccc([C@@H]2SC[C@@H](C(=O)O)N2C(=O)OC(C)(C)C)cc1. The average molecular weight is 323 g/mol. The van der Waals surface area contributed by atoms with Gasteiger partial charge in [0.25, 0.3) is 0 Å². The van der Waals surface area contributed by atoms with Crippen LogP contribution in [0.4, 0.5) is 4.79 Å². The van der Waals surface area contributed by atoms with Crippen LogP contribution in [0.15, 0.2) is 24.3 Å². The fourth-order valence-corrected chi connectivity index (χ4v) is 3.63. The Hall–Kier alpha value is -1.69. The summed E-state index contributed by atoms with van der Waals surface area (Å²) >= 11 is 1.44. The molecule has 0 bridgehead atoms. The minimum atomic E-state index is -1.01. The van der Waals surface area contributed by atoms with Crippen LogP contribution in [-0.2, 0) is 9.53 Å². The molecule has 1 amide bonds. The van der Waals surface area contributed by atoms with E-state index < -0.39 is 23.7 Å². The lowest BCUT2D eigenvalue weighted by atomic mass is 10.1. The molecule has 1 saturated heterocycles. The first-order valence-corrected chi connectivity index (χ1v) is 8.16. The number of hydrogen-bond donors (Lipinski definition) is 1. The zero-order valence-electron chi connectivity index (χ0n) is 13.2. The summed E-state index contributed by atoms with van der Waals surface area (Å²) in [7, 11) is 0. The van der Waals surface area contributed by atoms with Gasteiger partial charge in [-0.2, -0.15) is 0 Å². The number of carboxylic acid groups (broad SMARTS) is 1. The maximum Gasteiger partial charge on any atom is 0.412 e. The van der Waals surface area contributed by atoms with Crippen LogP contribution in [-0.4, -0.2) is 39.5 Å². The van der Waals surface area contributed by atoms with Gasteiger partial charge in [0.15, 0.2) is 0 Å². The molecule has 1 N–H and O–H groups in total. The van der Waals surface area contributed by atoms with E-state index in [1.165, 1.54) is 16.7 Å². The lowest BCUT2D eigenvalue weighted by Gasteiger charge is -2.30. The number of thioether (sulfide) groups is 1. The van der Waals surface area contributed by atoms with Crippen molar-refractivity contribution in [1.82, 2.24) is 4.90 Å². The normalized spacial score (nSPS) is 21.7. The van der Waals surface area contributed by atoms with Gasteiger partial charge in [-0.3, -0.25) is 4.90 Å². The van der Waals surface area contributed by atoms with E-state index in [1.54, 1.807) is 20.8 Å². The minimum Gasteiger partial charge on any atom is -0.480 e. The molecule has 6 heteroatoms. The number of carbonyl (C=O) groups excluding carboxylic acids is 1. The summed E-state index contributed by atoms with van der Waals surface area (Å²) in [5, 5.41) is 9.04. The average Bonchev–Trinajstić information content (AvgIpc) is 2.82. The quantitative estimate of drug-likeness (QED) is 0.903. The van der Waals surface area contributed by atoms with E-state index in [1.807, 2.05) is 31.2 Å². The van der Waals surface area contributed by atoms with Gasteiger partial charge in [-0.05, 0) is 33.3 Å². The Kier molecular flexibility index (Phi) is 4.70. The monoisotopic (exact) mass is 323 g/mol. The molecule has 1 aliphatic heterocycles. The molecule has 120 valence electrons. The molecule has 5 nitrogen and oxygen atoms in total. The summed E-state index contributed by atoms with van der Waals surface area (Å²) < 4.78 is 5.39. The zero-order valence-corrected chi connectivity index (χ0v) is 14.0. The number of carboxylic acids is 1. The van der Waals surface area contributed by atoms with E-state index in [-0.39, 0.29) is 5.37 Å². The molecule has 0 unspecified atom stereocenters. The molecule has 0 spiro atoms. The highest BCUT2D eigenvalue weighted by molar-refractivity contribution is 7.99. The van der Waals surface area contributed by atoms with Gasteiger partial charge in [0.05, 0.1) is 0 Å². The molecule has 1 heterocycles. The summed E-state index contributed by atoms with van der Waals surface area (Å²) in [5.74, 6) is -0.652. The fraction of sp³-hybridized carbons (Fsp3) is 0.500. The van der Waals surface area contributed by atoms with Gasteiger partial charge >= 0.3 is 12.1 Å². The second kappa shape index (κ2) is 6.20. The zero-order chi connectivity index (χ0) is 16.5. The number of amides is 1. The Labute approximate surface area is 134 Å². The van der Waals surface area contributed by atoms with Crippen LogP contribution in [0.2, 0.25) is 0 Å². The number of rotatable bonds is 2. The Bertz CT molecular complexity index is 565. The highest BCUT2D eigenvalue weighted by atomic mass is 32.2. The van der Waals surface area contributed by atoms with Crippen LogP contribution >= 0.6 is 11.8 Å². The highest BCUT2D eigenvalue weighted by Gasteiger charge is 2.44. The summed E-state index contributed by atoms with van der Waals surface area (Å²) in [4.78, 5) is 25.2. The number of benzene rings is 1. The predicted molar refractivity (Wildman–Crippen MR) is 85.9 cm³/mol. The molecular weight excluding hydrogens is 302 g/mol. The molecule has 1 fully saturated rings. The first-order chi connectivity index (χ1) is 10.2. The van der Waals surface area contributed by atoms with Crippen molar-refractivity contribution in [3.05, 3.63) is 35.4 Å². The van der Waals surface area contributed by atoms with Crippen LogP contribution in [0.3, 0.4) is 0 Å². The fourth-order valence-electron chi connectivity index (χ4n) is 2.22. The topological polar surface area (TPSA) is 66.8 Å². The molecule has 1 aromatic rings. The molecule has 1 aliphatic rings. The van der Waals surface area contributed by atoms with E-state index in [9.17, 15) is 14.7 Å².